The van der Waals surface area contributed by atoms with Crippen molar-refractivity contribution < 1.29 is 33.4 Å². The summed E-state index contributed by atoms with van der Waals surface area (Å²) < 4.78 is 20.0. The van der Waals surface area contributed by atoms with E-state index in [1.54, 1.807) is 48.5 Å². The highest BCUT2D eigenvalue weighted by atomic mass is 35.5. The molecule has 4 aromatic carbocycles. The van der Waals surface area contributed by atoms with Gasteiger partial charge in [-0.05, 0) is 90.9 Å². The van der Waals surface area contributed by atoms with Gasteiger partial charge in [0.25, 0.3) is 11.8 Å². The summed E-state index contributed by atoms with van der Waals surface area (Å²) in [4.78, 5) is 60.2. The molecule has 9 nitrogen and oxygen atoms in total. The number of nitrogens with zero attached hydrogens (tertiary/aromatic N) is 2. The number of amides is 4. The Labute approximate surface area is 311 Å². The fourth-order valence-corrected chi connectivity index (χ4v) is 9.27. The molecule has 11 heteroatoms. The van der Waals surface area contributed by atoms with E-state index in [0.29, 0.717) is 33.3 Å². The maximum absolute atomic E-state index is 15.3. The van der Waals surface area contributed by atoms with Crippen molar-refractivity contribution in [2.75, 3.05) is 23.5 Å². The number of anilines is 2. The van der Waals surface area contributed by atoms with Gasteiger partial charge in [0.05, 0.1) is 41.2 Å². The highest BCUT2D eigenvalue weighted by Crippen LogP contribution is 2.65. The van der Waals surface area contributed by atoms with Gasteiger partial charge in [-0.1, -0.05) is 72.6 Å². The van der Waals surface area contributed by atoms with Crippen LogP contribution in [0.25, 0.3) is 0 Å². The predicted octanol–water partition coefficient (Wildman–Crippen LogP) is 6.60. The van der Waals surface area contributed by atoms with Crippen molar-refractivity contribution in [3.63, 3.8) is 0 Å². The quantitative estimate of drug-likeness (QED) is 0.147. The maximum Gasteiger partial charge on any atom is 0.260 e. The maximum atomic E-state index is 15.3. The van der Waals surface area contributed by atoms with Gasteiger partial charge < -0.3 is 9.84 Å². The van der Waals surface area contributed by atoms with Crippen molar-refractivity contribution in [1.82, 2.24) is 5.01 Å². The molecule has 2 aliphatic heterocycles. The van der Waals surface area contributed by atoms with Gasteiger partial charge in [-0.3, -0.25) is 29.5 Å². The molecule has 2 N–H and O–H groups in total. The summed E-state index contributed by atoms with van der Waals surface area (Å²) in [7, 11) is 0. The van der Waals surface area contributed by atoms with Crippen molar-refractivity contribution in [2.24, 2.45) is 23.7 Å². The van der Waals surface area contributed by atoms with Crippen LogP contribution in [0.4, 0.5) is 15.8 Å². The topological polar surface area (TPSA) is 116 Å². The zero-order valence-electron chi connectivity index (χ0n) is 28.9. The Bertz CT molecular complexity index is 2140. The number of carbonyl (C=O) groups excluding carboxylic acids is 4. The van der Waals surface area contributed by atoms with Crippen LogP contribution in [0, 0.1) is 29.5 Å². The highest BCUT2D eigenvalue weighted by Gasteiger charge is 2.70. The first-order valence-electron chi connectivity index (χ1n) is 17.8. The van der Waals surface area contributed by atoms with E-state index in [-0.39, 0.29) is 37.9 Å². The summed E-state index contributed by atoms with van der Waals surface area (Å²) in [6.07, 6.45) is 3.17. The molecule has 4 aromatic rings. The number of aryl methyl sites for hydroxylation is 1. The van der Waals surface area contributed by atoms with E-state index in [1.807, 2.05) is 37.3 Å². The summed E-state index contributed by atoms with van der Waals surface area (Å²) in [5.41, 5.74) is 5.23. The third-order valence-corrected chi connectivity index (χ3v) is 11.7. The lowest BCUT2D eigenvalue weighted by molar-refractivity contribution is -0.138. The third kappa shape index (κ3) is 5.46. The standard InChI is InChI=1S/C42H37ClFN3O6/c1-2-24-7-17-29(18-8-24)46-38(49)32-20-19-30-33(36(32)40(46)51)23-34-39(50)47(45-28-15-13-27(44)14-16-28)41(52)42(34,25-9-11-26(43)12-10-25)37(30)31-5-3-4-6-35(31)53-22-21-48/h3-19,32-34,36-37,45,48H,2,20-23H2,1H3. The average molecular weight is 734 g/mol. The Morgan fingerprint density at radius 1 is 0.887 bits per heavy atom. The van der Waals surface area contributed by atoms with E-state index in [9.17, 15) is 23.9 Å². The number of ether oxygens (including phenoxy) is 1. The monoisotopic (exact) mass is 733 g/mol. The predicted molar refractivity (Wildman–Crippen MR) is 196 cm³/mol. The summed E-state index contributed by atoms with van der Waals surface area (Å²) in [6, 6.07) is 26.8. The van der Waals surface area contributed by atoms with Crippen LogP contribution in [0.1, 0.15) is 42.4 Å². The molecular weight excluding hydrogens is 697 g/mol. The molecule has 270 valence electrons. The number of fused-ring (bicyclic) bond motifs is 4. The van der Waals surface area contributed by atoms with Crippen molar-refractivity contribution >= 4 is 46.6 Å². The number of imide groups is 2. The molecule has 6 unspecified atom stereocenters. The van der Waals surface area contributed by atoms with E-state index >= 15 is 4.79 Å². The van der Waals surface area contributed by atoms with Gasteiger partial charge >= 0.3 is 0 Å². The lowest BCUT2D eigenvalue weighted by Crippen LogP contribution is -2.53. The van der Waals surface area contributed by atoms with Crippen LogP contribution >= 0.6 is 11.6 Å². The first-order chi connectivity index (χ1) is 25.7. The van der Waals surface area contributed by atoms with Gasteiger partial charge in [0.15, 0.2) is 0 Å². The minimum Gasteiger partial charge on any atom is -0.491 e. The fourth-order valence-electron chi connectivity index (χ4n) is 9.14. The summed E-state index contributed by atoms with van der Waals surface area (Å²) in [6.45, 7) is 1.76. The van der Waals surface area contributed by atoms with Gasteiger partial charge in [0.1, 0.15) is 18.2 Å². The number of rotatable bonds is 9. The number of hydrogen-bond acceptors (Lipinski definition) is 7. The molecule has 2 saturated heterocycles. The van der Waals surface area contributed by atoms with Crippen LogP contribution in [-0.4, -0.2) is 47.0 Å². The second kappa shape index (κ2) is 13.6. The van der Waals surface area contributed by atoms with Crippen LogP contribution in [0.2, 0.25) is 5.02 Å². The number of carbonyl (C=O) groups is 4. The molecule has 4 amide bonds. The van der Waals surface area contributed by atoms with E-state index in [4.69, 9.17) is 16.3 Å². The van der Waals surface area contributed by atoms with Crippen molar-refractivity contribution in [1.29, 1.82) is 0 Å². The Hall–Kier alpha value is -5.32. The summed E-state index contributed by atoms with van der Waals surface area (Å²) in [5.74, 6) is -5.55. The van der Waals surface area contributed by atoms with Gasteiger partial charge in [-0.2, -0.15) is 5.01 Å². The second-order valence-electron chi connectivity index (χ2n) is 14.0. The SMILES string of the molecule is CCc1ccc(N2C(=O)C3CC=C4C(CC5C(=O)N(Nc6ccc(F)cc6)C(=O)C5(c5ccc(Cl)cc5)C4c4ccccc4OCCO)C3C2=O)cc1. The number of para-hydroxylation sites is 1. The number of nitrogens with one attached hydrogen (secondary N) is 1. The number of allylic oxidation sites excluding steroid dienone is 2. The van der Waals surface area contributed by atoms with Gasteiger partial charge in [-0.15, -0.1) is 0 Å². The molecule has 3 fully saturated rings. The normalized spacial score (nSPS) is 26.3. The smallest absolute Gasteiger partial charge is 0.260 e. The molecule has 53 heavy (non-hydrogen) atoms. The third-order valence-electron chi connectivity index (χ3n) is 11.4. The molecule has 0 radical (unpaired) electrons. The molecule has 2 aliphatic carbocycles. The molecule has 8 rings (SSSR count). The Balaban J connectivity index is 1.32. The fraction of sp³-hybridized carbons (Fsp3) is 0.286. The van der Waals surface area contributed by atoms with Gasteiger partial charge in [0.2, 0.25) is 11.8 Å². The lowest BCUT2D eigenvalue weighted by Gasteiger charge is -2.50. The average Bonchev–Trinajstić information content (AvgIpc) is 3.56. The van der Waals surface area contributed by atoms with E-state index in [0.717, 1.165) is 22.6 Å². The number of hydrazine groups is 1. The highest BCUT2D eigenvalue weighted by molar-refractivity contribution is 6.30. The van der Waals surface area contributed by atoms with E-state index in [1.165, 1.54) is 29.2 Å². The Morgan fingerprint density at radius 3 is 2.30 bits per heavy atom. The second-order valence-corrected chi connectivity index (χ2v) is 14.5. The molecule has 4 aliphatic rings. The lowest BCUT2D eigenvalue weighted by atomic mass is 9.49. The molecule has 0 bridgehead atoms. The van der Waals surface area contributed by atoms with Crippen LogP contribution in [0.3, 0.4) is 0 Å². The van der Waals surface area contributed by atoms with Crippen molar-refractivity contribution in [2.45, 2.75) is 37.5 Å². The van der Waals surface area contributed by atoms with Crippen molar-refractivity contribution in [3.8, 4) is 5.75 Å². The van der Waals surface area contributed by atoms with Gasteiger partial charge in [0, 0.05) is 16.5 Å². The zero-order valence-corrected chi connectivity index (χ0v) is 29.6. The van der Waals surface area contributed by atoms with Gasteiger partial charge in [-0.25, -0.2) is 4.39 Å². The number of aliphatic hydroxyl groups is 1. The molecule has 1 saturated carbocycles. The minimum atomic E-state index is -1.55. The van der Waals surface area contributed by atoms with Crippen LogP contribution in [0.5, 0.6) is 5.75 Å². The summed E-state index contributed by atoms with van der Waals surface area (Å²) in [5, 5.41) is 11.2. The molecule has 2 heterocycles. The molecule has 0 aromatic heterocycles. The zero-order chi connectivity index (χ0) is 37.0. The number of halogens is 2. The first kappa shape index (κ1) is 34.7. The summed E-state index contributed by atoms with van der Waals surface area (Å²) >= 11 is 6.39. The van der Waals surface area contributed by atoms with Crippen molar-refractivity contribution in [3.05, 3.63) is 136 Å². The molecule has 6 atom stereocenters. The van der Waals surface area contributed by atoms with Crippen LogP contribution in [-0.2, 0) is 31.0 Å². The Morgan fingerprint density at radius 2 is 1.60 bits per heavy atom. The molecule has 0 spiro atoms. The van der Waals surface area contributed by atoms with Crippen LogP contribution < -0.4 is 15.1 Å². The molecular formula is C42H37ClFN3O6. The number of aliphatic hydroxyl groups excluding tert-OH is 1. The number of benzene rings is 4. The largest absolute Gasteiger partial charge is 0.491 e. The van der Waals surface area contributed by atoms with Crippen LogP contribution in [0.15, 0.2) is 109 Å². The Kier molecular flexibility index (Phi) is 8.91. The first-order valence-corrected chi connectivity index (χ1v) is 18.2. The number of hydrogen-bond donors (Lipinski definition) is 2. The van der Waals surface area contributed by atoms with E-state index < -0.39 is 52.6 Å². The minimum absolute atomic E-state index is 0.0157. The van der Waals surface area contributed by atoms with E-state index in [2.05, 4.69) is 5.43 Å².